The molecule has 0 saturated carbocycles. The predicted octanol–water partition coefficient (Wildman–Crippen LogP) is 1.67. The highest BCUT2D eigenvalue weighted by molar-refractivity contribution is 6.12. The Morgan fingerprint density at radius 3 is 2.81 bits per heavy atom. The largest absolute Gasteiger partial charge is 0.464 e. The summed E-state index contributed by atoms with van der Waals surface area (Å²) in [6.07, 6.45) is 3.55. The standard InChI is InChI=1S/C20H27N3O3/c1-13-8-7-10-15-17(13)18(19(22(15)3)20(25)26-4)21-16(24)12-23-11-6-5-9-14(23)2/h7-8,10,14H,5-6,9,11-12H2,1-4H3,(H,21,24)/p+1/t14-/m0/s1. The van der Waals surface area contributed by atoms with Crippen LogP contribution in [0.1, 0.15) is 42.2 Å². The summed E-state index contributed by atoms with van der Waals surface area (Å²) < 4.78 is 6.75. The fourth-order valence-electron chi connectivity index (χ4n) is 4.03. The number of aromatic nitrogens is 1. The number of esters is 1. The molecule has 1 saturated heterocycles. The number of rotatable bonds is 4. The Kier molecular flexibility index (Phi) is 5.32. The van der Waals surface area contributed by atoms with Crippen molar-refractivity contribution in [1.82, 2.24) is 4.57 Å². The second-order valence-electron chi connectivity index (χ2n) is 7.27. The molecule has 1 aromatic carbocycles. The van der Waals surface area contributed by atoms with Crippen molar-refractivity contribution in [2.24, 2.45) is 7.05 Å². The number of amides is 1. The zero-order chi connectivity index (χ0) is 18.8. The number of ether oxygens (including phenoxy) is 1. The van der Waals surface area contributed by atoms with Crippen molar-refractivity contribution in [2.75, 3.05) is 25.5 Å². The van der Waals surface area contributed by atoms with Gasteiger partial charge in [0, 0.05) is 12.4 Å². The van der Waals surface area contributed by atoms with Crippen LogP contribution in [0.4, 0.5) is 5.69 Å². The Morgan fingerprint density at radius 2 is 2.12 bits per heavy atom. The van der Waals surface area contributed by atoms with Gasteiger partial charge in [0.25, 0.3) is 5.91 Å². The Balaban J connectivity index is 1.95. The van der Waals surface area contributed by atoms with E-state index in [2.05, 4.69) is 12.2 Å². The predicted molar refractivity (Wildman–Crippen MR) is 102 cm³/mol. The number of methoxy groups -OCH3 is 1. The molecule has 2 N–H and O–H groups in total. The molecule has 140 valence electrons. The maximum absolute atomic E-state index is 12.8. The van der Waals surface area contributed by atoms with Crippen LogP contribution in [0.3, 0.4) is 0 Å². The lowest BCUT2D eigenvalue weighted by Gasteiger charge is -2.29. The molecule has 2 atom stereocenters. The number of likely N-dealkylation sites (tertiary alicyclic amines) is 1. The highest BCUT2D eigenvalue weighted by Crippen LogP contribution is 2.33. The van der Waals surface area contributed by atoms with E-state index in [4.69, 9.17) is 4.74 Å². The topological polar surface area (TPSA) is 64.8 Å². The molecule has 6 nitrogen and oxygen atoms in total. The van der Waals surface area contributed by atoms with Gasteiger partial charge in [-0.2, -0.15) is 0 Å². The minimum absolute atomic E-state index is 0.0605. The third-order valence-corrected chi connectivity index (χ3v) is 5.55. The van der Waals surface area contributed by atoms with Gasteiger partial charge >= 0.3 is 5.97 Å². The number of hydrogen-bond acceptors (Lipinski definition) is 3. The first kappa shape index (κ1) is 18.5. The molecule has 2 aromatic rings. The van der Waals surface area contributed by atoms with E-state index in [1.165, 1.54) is 18.4 Å². The van der Waals surface area contributed by atoms with Gasteiger partial charge in [-0.05, 0) is 44.7 Å². The van der Waals surface area contributed by atoms with E-state index in [9.17, 15) is 9.59 Å². The average Bonchev–Trinajstić information content (AvgIpc) is 2.89. The monoisotopic (exact) mass is 358 g/mol. The Morgan fingerprint density at radius 1 is 1.35 bits per heavy atom. The van der Waals surface area contributed by atoms with E-state index in [0.717, 1.165) is 35.9 Å². The van der Waals surface area contributed by atoms with Crippen molar-refractivity contribution >= 4 is 28.5 Å². The molecule has 0 bridgehead atoms. The lowest BCUT2D eigenvalue weighted by molar-refractivity contribution is -0.920. The van der Waals surface area contributed by atoms with Crippen LogP contribution in [-0.2, 0) is 16.6 Å². The van der Waals surface area contributed by atoms with E-state index in [0.29, 0.717) is 24.0 Å². The molecular formula is C20H28N3O3+. The lowest BCUT2D eigenvalue weighted by atomic mass is 10.0. The quantitative estimate of drug-likeness (QED) is 0.817. The molecule has 26 heavy (non-hydrogen) atoms. The van der Waals surface area contributed by atoms with Gasteiger partial charge in [-0.3, -0.25) is 4.79 Å². The molecule has 1 aliphatic heterocycles. The number of benzene rings is 1. The maximum Gasteiger partial charge on any atom is 0.356 e. The van der Waals surface area contributed by atoms with Gasteiger partial charge in [-0.15, -0.1) is 0 Å². The molecule has 0 spiro atoms. The molecule has 3 rings (SSSR count). The zero-order valence-corrected chi connectivity index (χ0v) is 16.0. The van der Waals surface area contributed by atoms with Crippen LogP contribution in [0.15, 0.2) is 18.2 Å². The Labute approximate surface area is 154 Å². The molecule has 1 amide bonds. The third-order valence-electron chi connectivity index (χ3n) is 5.55. The van der Waals surface area contributed by atoms with E-state index in [1.54, 1.807) is 4.57 Å². The van der Waals surface area contributed by atoms with Gasteiger partial charge in [0.2, 0.25) is 0 Å². The van der Waals surface area contributed by atoms with Crippen molar-refractivity contribution < 1.29 is 19.2 Å². The van der Waals surface area contributed by atoms with Crippen molar-refractivity contribution in [3.8, 4) is 0 Å². The average molecular weight is 358 g/mol. The molecule has 1 aliphatic rings. The van der Waals surface area contributed by atoms with Crippen molar-refractivity contribution in [1.29, 1.82) is 0 Å². The molecule has 1 unspecified atom stereocenters. The number of aryl methyl sites for hydroxylation is 2. The van der Waals surface area contributed by atoms with Gasteiger partial charge in [0.1, 0.15) is 0 Å². The van der Waals surface area contributed by atoms with E-state index in [-0.39, 0.29) is 5.91 Å². The molecule has 2 heterocycles. The third kappa shape index (κ3) is 3.33. The summed E-state index contributed by atoms with van der Waals surface area (Å²) in [6, 6.07) is 6.37. The van der Waals surface area contributed by atoms with Crippen LogP contribution in [0.5, 0.6) is 0 Å². The van der Waals surface area contributed by atoms with Crippen molar-refractivity contribution in [2.45, 2.75) is 39.2 Å². The summed E-state index contributed by atoms with van der Waals surface area (Å²) in [6.45, 7) is 5.62. The van der Waals surface area contributed by atoms with Crippen molar-refractivity contribution in [3.63, 3.8) is 0 Å². The zero-order valence-electron chi connectivity index (χ0n) is 16.0. The number of piperidine rings is 1. The van der Waals surface area contributed by atoms with E-state index in [1.807, 2.05) is 32.2 Å². The fourth-order valence-corrected chi connectivity index (χ4v) is 4.03. The molecule has 6 heteroatoms. The molecule has 1 aromatic heterocycles. The number of nitrogens with zero attached hydrogens (tertiary/aromatic N) is 1. The molecule has 1 fully saturated rings. The smallest absolute Gasteiger partial charge is 0.356 e. The number of carbonyl (C=O) groups excluding carboxylic acids is 2. The Bertz CT molecular complexity index is 840. The van der Waals surface area contributed by atoms with Crippen LogP contribution < -0.4 is 10.2 Å². The van der Waals surface area contributed by atoms with Crippen LogP contribution in [0, 0.1) is 6.92 Å². The summed E-state index contributed by atoms with van der Waals surface area (Å²) in [5.74, 6) is -0.508. The summed E-state index contributed by atoms with van der Waals surface area (Å²) in [7, 11) is 3.18. The van der Waals surface area contributed by atoms with Gasteiger partial charge < -0.3 is 19.5 Å². The number of carbonyl (C=O) groups is 2. The molecular weight excluding hydrogens is 330 g/mol. The summed E-state index contributed by atoms with van der Waals surface area (Å²) >= 11 is 0. The first-order valence-corrected chi connectivity index (χ1v) is 9.24. The fraction of sp³-hybridized carbons (Fsp3) is 0.500. The lowest BCUT2D eigenvalue weighted by Crippen LogP contribution is -3.17. The van der Waals surface area contributed by atoms with Gasteiger partial charge in [-0.1, -0.05) is 12.1 Å². The number of nitrogens with one attached hydrogen (secondary N) is 2. The summed E-state index contributed by atoms with van der Waals surface area (Å²) in [5, 5.41) is 3.91. The number of anilines is 1. The highest BCUT2D eigenvalue weighted by Gasteiger charge is 2.27. The minimum Gasteiger partial charge on any atom is -0.464 e. The summed E-state index contributed by atoms with van der Waals surface area (Å²) in [5.41, 5.74) is 2.86. The summed E-state index contributed by atoms with van der Waals surface area (Å²) in [4.78, 5) is 26.4. The highest BCUT2D eigenvalue weighted by atomic mass is 16.5. The number of hydrogen-bond donors (Lipinski definition) is 2. The first-order valence-electron chi connectivity index (χ1n) is 9.24. The maximum atomic E-state index is 12.8. The van der Waals surface area contributed by atoms with Gasteiger partial charge in [0.05, 0.1) is 30.9 Å². The number of fused-ring (bicyclic) bond motifs is 1. The van der Waals surface area contributed by atoms with E-state index >= 15 is 0 Å². The van der Waals surface area contributed by atoms with Gasteiger partial charge in [-0.25, -0.2) is 4.79 Å². The number of quaternary nitrogens is 1. The van der Waals surface area contributed by atoms with Crippen LogP contribution in [-0.4, -0.2) is 42.7 Å². The van der Waals surface area contributed by atoms with E-state index < -0.39 is 5.97 Å². The molecule has 0 aliphatic carbocycles. The minimum atomic E-state index is -0.447. The van der Waals surface area contributed by atoms with Crippen LogP contribution >= 0.6 is 0 Å². The van der Waals surface area contributed by atoms with Crippen molar-refractivity contribution in [3.05, 3.63) is 29.5 Å². The second kappa shape index (κ2) is 7.50. The van der Waals surface area contributed by atoms with Gasteiger partial charge in [0.15, 0.2) is 12.2 Å². The van der Waals surface area contributed by atoms with Crippen LogP contribution in [0.2, 0.25) is 0 Å². The second-order valence-corrected chi connectivity index (χ2v) is 7.27. The molecule has 0 radical (unpaired) electrons. The SMILES string of the molecule is COC(=O)c1c(NC(=O)C[NH+]2CCCC[C@@H]2C)c2c(C)cccc2n1C. The van der Waals surface area contributed by atoms with Crippen LogP contribution in [0.25, 0.3) is 10.9 Å². The first-order chi connectivity index (χ1) is 12.4. The normalized spacial score (nSPS) is 20.2. The Hall–Kier alpha value is -2.34.